The van der Waals surface area contributed by atoms with Gasteiger partial charge in [0.05, 0.1) is 19.9 Å². The molecule has 2 rings (SSSR count). The van der Waals surface area contributed by atoms with Crippen LogP contribution < -0.4 is 15.2 Å². The lowest BCUT2D eigenvalue weighted by atomic mass is 10.1. The molecule has 0 spiro atoms. The summed E-state index contributed by atoms with van der Waals surface area (Å²) < 4.78 is 10.3. The fourth-order valence-electron chi connectivity index (χ4n) is 2.29. The molecule has 0 aliphatic rings. The quantitative estimate of drug-likeness (QED) is 0.829. The van der Waals surface area contributed by atoms with Crippen molar-refractivity contribution in [1.82, 2.24) is 4.90 Å². The van der Waals surface area contributed by atoms with Gasteiger partial charge in [0.2, 0.25) is 0 Å². The Morgan fingerprint density at radius 1 is 0.905 bits per heavy atom. The minimum atomic E-state index is 0.674. The maximum atomic E-state index is 5.93. The summed E-state index contributed by atoms with van der Waals surface area (Å²) in [6.45, 7) is 1.70. The van der Waals surface area contributed by atoms with E-state index in [0.717, 1.165) is 24.6 Å². The summed E-state index contributed by atoms with van der Waals surface area (Å²) in [6.07, 6.45) is 0. The van der Waals surface area contributed by atoms with Gasteiger partial charge in [0.25, 0.3) is 0 Å². The lowest BCUT2D eigenvalue weighted by Gasteiger charge is -2.17. The fraction of sp³-hybridized carbons (Fsp3) is 0.294. The summed E-state index contributed by atoms with van der Waals surface area (Å²) >= 11 is 0. The van der Waals surface area contributed by atoms with Crippen LogP contribution in [0.4, 0.5) is 5.69 Å². The number of nitrogens with zero attached hydrogens (tertiary/aromatic N) is 1. The molecule has 0 fully saturated rings. The minimum Gasteiger partial charge on any atom is -0.497 e. The van der Waals surface area contributed by atoms with Crippen LogP contribution in [-0.2, 0) is 13.1 Å². The van der Waals surface area contributed by atoms with Gasteiger partial charge in [0, 0.05) is 13.1 Å². The van der Waals surface area contributed by atoms with E-state index >= 15 is 0 Å². The second-order valence-corrected chi connectivity index (χ2v) is 5.10. The zero-order valence-electron chi connectivity index (χ0n) is 12.8. The van der Waals surface area contributed by atoms with Crippen molar-refractivity contribution in [2.24, 2.45) is 0 Å². The number of hydrogen-bond acceptors (Lipinski definition) is 4. The second kappa shape index (κ2) is 6.99. The Morgan fingerprint density at radius 2 is 1.52 bits per heavy atom. The molecule has 0 aromatic heterocycles. The molecule has 0 aliphatic heterocycles. The molecule has 2 aromatic carbocycles. The number of methoxy groups -OCH3 is 2. The molecule has 0 heterocycles. The summed E-state index contributed by atoms with van der Waals surface area (Å²) in [4.78, 5) is 2.24. The standard InChI is InChI=1S/C17H22N2O2/c1-19(11-13-4-7-15(20-2)8-5-13)12-14-6-9-17(21-3)16(18)10-14/h4-10H,11-12,18H2,1-3H3. The first-order chi connectivity index (χ1) is 10.1. The Labute approximate surface area is 126 Å². The van der Waals surface area contributed by atoms with E-state index in [-0.39, 0.29) is 0 Å². The van der Waals surface area contributed by atoms with Gasteiger partial charge in [0.1, 0.15) is 11.5 Å². The molecule has 4 nitrogen and oxygen atoms in total. The van der Waals surface area contributed by atoms with Crippen LogP contribution in [0.3, 0.4) is 0 Å². The fourth-order valence-corrected chi connectivity index (χ4v) is 2.29. The van der Waals surface area contributed by atoms with E-state index in [1.165, 1.54) is 11.1 Å². The molecule has 2 N–H and O–H groups in total. The topological polar surface area (TPSA) is 47.7 Å². The third-order valence-corrected chi connectivity index (χ3v) is 3.36. The number of nitrogen functional groups attached to an aromatic ring is 1. The zero-order valence-corrected chi connectivity index (χ0v) is 12.8. The van der Waals surface area contributed by atoms with Gasteiger partial charge in [-0.1, -0.05) is 18.2 Å². The summed E-state index contributed by atoms with van der Waals surface area (Å²) in [5.41, 5.74) is 9.03. The van der Waals surface area contributed by atoms with Crippen molar-refractivity contribution in [3.05, 3.63) is 53.6 Å². The molecule has 0 radical (unpaired) electrons. The first kappa shape index (κ1) is 15.2. The van der Waals surface area contributed by atoms with Crippen molar-refractivity contribution < 1.29 is 9.47 Å². The SMILES string of the molecule is COc1ccc(CN(C)Cc2ccc(OC)c(N)c2)cc1. The van der Waals surface area contributed by atoms with Crippen LogP contribution in [0.15, 0.2) is 42.5 Å². The Kier molecular flexibility index (Phi) is 5.06. The maximum Gasteiger partial charge on any atom is 0.141 e. The van der Waals surface area contributed by atoms with Crippen LogP contribution in [0, 0.1) is 0 Å². The van der Waals surface area contributed by atoms with Crippen LogP contribution in [0.1, 0.15) is 11.1 Å². The number of hydrogen-bond donors (Lipinski definition) is 1. The van der Waals surface area contributed by atoms with Gasteiger partial charge in [-0.15, -0.1) is 0 Å². The molecule has 0 amide bonds. The van der Waals surface area contributed by atoms with Crippen molar-refractivity contribution in [3.8, 4) is 11.5 Å². The molecule has 4 heteroatoms. The smallest absolute Gasteiger partial charge is 0.141 e. The first-order valence-electron chi connectivity index (χ1n) is 6.86. The van der Waals surface area contributed by atoms with Crippen LogP contribution in [-0.4, -0.2) is 26.2 Å². The van der Waals surface area contributed by atoms with Gasteiger partial charge in [-0.2, -0.15) is 0 Å². The monoisotopic (exact) mass is 286 g/mol. The molecule has 2 aromatic rings. The number of anilines is 1. The molecule has 0 unspecified atom stereocenters. The second-order valence-electron chi connectivity index (χ2n) is 5.10. The number of nitrogens with two attached hydrogens (primary N) is 1. The predicted octanol–water partition coefficient (Wildman–Crippen LogP) is 2.92. The van der Waals surface area contributed by atoms with Crippen molar-refractivity contribution in [3.63, 3.8) is 0 Å². The van der Waals surface area contributed by atoms with Crippen molar-refractivity contribution >= 4 is 5.69 Å². The Morgan fingerprint density at radius 3 is 2.10 bits per heavy atom. The van der Waals surface area contributed by atoms with Gasteiger partial charge in [-0.25, -0.2) is 0 Å². The number of benzene rings is 2. The highest BCUT2D eigenvalue weighted by Crippen LogP contribution is 2.22. The van der Waals surface area contributed by atoms with Crippen LogP contribution >= 0.6 is 0 Å². The summed E-state index contributed by atoms with van der Waals surface area (Å²) in [5, 5.41) is 0. The lowest BCUT2D eigenvalue weighted by Crippen LogP contribution is -2.17. The van der Waals surface area contributed by atoms with Gasteiger partial charge in [-0.05, 0) is 42.4 Å². The summed E-state index contributed by atoms with van der Waals surface area (Å²) in [5.74, 6) is 1.60. The van der Waals surface area contributed by atoms with Crippen LogP contribution in [0.5, 0.6) is 11.5 Å². The molecular formula is C17H22N2O2. The third kappa shape index (κ3) is 4.13. The zero-order chi connectivity index (χ0) is 15.2. The molecule has 0 atom stereocenters. The first-order valence-corrected chi connectivity index (χ1v) is 6.86. The van der Waals surface area contributed by atoms with E-state index in [1.54, 1.807) is 14.2 Å². The highest BCUT2D eigenvalue weighted by atomic mass is 16.5. The maximum absolute atomic E-state index is 5.93. The average molecular weight is 286 g/mol. The number of rotatable bonds is 6. The van der Waals surface area contributed by atoms with E-state index in [2.05, 4.69) is 24.1 Å². The van der Waals surface area contributed by atoms with Crippen LogP contribution in [0.25, 0.3) is 0 Å². The van der Waals surface area contributed by atoms with Crippen molar-refractivity contribution in [1.29, 1.82) is 0 Å². The highest BCUT2D eigenvalue weighted by Gasteiger charge is 2.05. The van der Waals surface area contributed by atoms with E-state index < -0.39 is 0 Å². The van der Waals surface area contributed by atoms with Crippen molar-refractivity contribution in [2.45, 2.75) is 13.1 Å². The van der Waals surface area contributed by atoms with E-state index in [0.29, 0.717) is 5.69 Å². The summed E-state index contributed by atoms with van der Waals surface area (Å²) in [7, 11) is 5.39. The number of ether oxygens (including phenoxy) is 2. The molecule has 0 bridgehead atoms. The van der Waals surface area contributed by atoms with E-state index in [9.17, 15) is 0 Å². The lowest BCUT2D eigenvalue weighted by molar-refractivity contribution is 0.318. The normalized spacial score (nSPS) is 10.7. The third-order valence-electron chi connectivity index (χ3n) is 3.36. The molecule has 112 valence electrons. The average Bonchev–Trinajstić information content (AvgIpc) is 2.48. The van der Waals surface area contributed by atoms with Gasteiger partial charge in [-0.3, -0.25) is 4.90 Å². The van der Waals surface area contributed by atoms with Gasteiger partial charge < -0.3 is 15.2 Å². The largest absolute Gasteiger partial charge is 0.497 e. The molecule has 0 saturated carbocycles. The predicted molar refractivity (Wildman–Crippen MR) is 85.6 cm³/mol. The van der Waals surface area contributed by atoms with Gasteiger partial charge >= 0.3 is 0 Å². The van der Waals surface area contributed by atoms with E-state index in [4.69, 9.17) is 15.2 Å². The van der Waals surface area contributed by atoms with Crippen LogP contribution in [0.2, 0.25) is 0 Å². The Balaban J connectivity index is 1.97. The molecule has 0 aliphatic carbocycles. The van der Waals surface area contributed by atoms with Crippen molar-refractivity contribution in [2.75, 3.05) is 27.0 Å². The molecular weight excluding hydrogens is 264 g/mol. The Hall–Kier alpha value is -2.20. The minimum absolute atomic E-state index is 0.674. The van der Waals surface area contributed by atoms with E-state index in [1.807, 2.05) is 30.3 Å². The molecule has 21 heavy (non-hydrogen) atoms. The Bertz CT molecular complexity index is 582. The highest BCUT2D eigenvalue weighted by molar-refractivity contribution is 5.54. The molecule has 0 saturated heterocycles. The van der Waals surface area contributed by atoms with Gasteiger partial charge in [0.15, 0.2) is 0 Å². The summed E-state index contributed by atoms with van der Waals surface area (Å²) in [6, 6.07) is 14.0.